The van der Waals surface area contributed by atoms with Crippen LogP contribution >= 0.6 is 0 Å². The molecule has 1 aromatic carbocycles. The molecule has 58 valence electrons. The minimum absolute atomic E-state index is 0.708. The van der Waals surface area contributed by atoms with E-state index in [1.165, 1.54) is 11.1 Å². The van der Waals surface area contributed by atoms with E-state index in [1.807, 2.05) is 13.0 Å². The molecular formula is C9H10OS. The fraction of sp³-hybridized carbons (Fsp3) is 0.333. The number of hydrogen-bond acceptors (Lipinski definition) is 1. The molecule has 1 atom stereocenters. The molecule has 0 aromatic heterocycles. The van der Waals surface area contributed by atoms with Crippen LogP contribution in [0.2, 0.25) is 0 Å². The van der Waals surface area contributed by atoms with Gasteiger partial charge in [0.1, 0.15) is 0 Å². The van der Waals surface area contributed by atoms with E-state index in [1.54, 1.807) is 0 Å². The molecule has 0 amide bonds. The van der Waals surface area contributed by atoms with Crippen molar-refractivity contribution in [1.29, 1.82) is 0 Å². The Morgan fingerprint density at radius 1 is 1.45 bits per heavy atom. The molecule has 1 aliphatic rings. The minimum atomic E-state index is -0.708. The molecule has 1 aromatic rings. The van der Waals surface area contributed by atoms with E-state index in [0.29, 0.717) is 0 Å². The van der Waals surface area contributed by atoms with Crippen molar-refractivity contribution < 1.29 is 4.21 Å². The standard InChI is InChI=1S/C9H10OS/c1-7-2-3-8-4-5-11(10)9(8)6-7/h2-3,6H,4-5H2,1H3. The van der Waals surface area contributed by atoms with Crippen LogP contribution in [-0.4, -0.2) is 9.96 Å². The Hall–Kier alpha value is -0.630. The molecule has 0 spiro atoms. The van der Waals surface area contributed by atoms with Crippen molar-refractivity contribution in [2.45, 2.75) is 18.2 Å². The van der Waals surface area contributed by atoms with E-state index >= 15 is 0 Å². The van der Waals surface area contributed by atoms with Crippen LogP contribution in [0, 0.1) is 6.92 Å². The lowest BCUT2D eigenvalue weighted by Gasteiger charge is -1.97. The van der Waals surface area contributed by atoms with Crippen molar-refractivity contribution in [3.63, 3.8) is 0 Å². The van der Waals surface area contributed by atoms with E-state index in [4.69, 9.17) is 0 Å². The Balaban J connectivity index is 2.60. The second-order valence-electron chi connectivity index (χ2n) is 2.91. The van der Waals surface area contributed by atoms with Crippen LogP contribution in [0.3, 0.4) is 0 Å². The van der Waals surface area contributed by atoms with Gasteiger partial charge in [-0.25, -0.2) is 0 Å². The second kappa shape index (κ2) is 2.45. The molecule has 2 rings (SSSR count). The normalized spacial score (nSPS) is 21.7. The Morgan fingerprint density at radius 3 is 3.09 bits per heavy atom. The van der Waals surface area contributed by atoms with E-state index in [2.05, 4.69) is 12.1 Å². The molecule has 1 unspecified atom stereocenters. The maximum absolute atomic E-state index is 11.3. The molecule has 0 fully saturated rings. The van der Waals surface area contributed by atoms with Crippen LogP contribution in [0.1, 0.15) is 11.1 Å². The number of aryl methyl sites for hydroxylation is 2. The molecule has 0 saturated carbocycles. The molecule has 1 heterocycles. The molecular weight excluding hydrogens is 156 g/mol. The summed E-state index contributed by atoms with van der Waals surface area (Å²) >= 11 is 0. The Morgan fingerprint density at radius 2 is 2.27 bits per heavy atom. The highest BCUT2D eigenvalue weighted by molar-refractivity contribution is 7.85. The van der Waals surface area contributed by atoms with Crippen molar-refractivity contribution >= 4 is 10.8 Å². The SMILES string of the molecule is Cc1ccc2c(c1)S(=O)CC2. The van der Waals surface area contributed by atoms with Gasteiger partial charge in [-0.2, -0.15) is 0 Å². The zero-order valence-electron chi connectivity index (χ0n) is 6.46. The number of hydrogen-bond donors (Lipinski definition) is 0. The minimum Gasteiger partial charge on any atom is -0.254 e. The highest BCUT2D eigenvalue weighted by atomic mass is 32.2. The topological polar surface area (TPSA) is 17.1 Å². The molecule has 1 nitrogen and oxygen atoms in total. The van der Waals surface area contributed by atoms with Gasteiger partial charge >= 0.3 is 0 Å². The van der Waals surface area contributed by atoms with Crippen molar-refractivity contribution in [3.05, 3.63) is 29.3 Å². The molecule has 11 heavy (non-hydrogen) atoms. The number of rotatable bonds is 0. The smallest absolute Gasteiger partial charge is 0.0535 e. The molecule has 1 aliphatic heterocycles. The third kappa shape index (κ3) is 1.11. The zero-order valence-corrected chi connectivity index (χ0v) is 7.28. The largest absolute Gasteiger partial charge is 0.254 e. The van der Waals surface area contributed by atoms with Gasteiger partial charge in [-0.1, -0.05) is 12.1 Å². The summed E-state index contributed by atoms with van der Waals surface area (Å²) in [5.41, 5.74) is 2.48. The fourth-order valence-electron chi connectivity index (χ4n) is 1.39. The quantitative estimate of drug-likeness (QED) is 0.573. The van der Waals surface area contributed by atoms with Crippen LogP contribution in [0.15, 0.2) is 23.1 Å². The summed E-state index contributed by atoms with van der Waals surface area (Å²) in [6.07, 6.45) is 0.988. The first-order valence-corrected chi connectivity index (χ1v) is 5.07. The van der Waals surface area contributed by atoms with Crippen LogP contribution in [0.25, 0.3) is 0 Å². The van der Waals surface area contributed by atoms with Gasteiger partial charge in [0.2, 0.25) is 0 Å². The van der Waals surface area contributed by atoms with Gasteiger partial charge in [-0.3, -0.25) is 4.21 Å². The van der Waals surface area contributed by atoms with E-state index in [9.17, 15) is 4.21 Å². The molecule has 0 radical (unpaired) electrons. The lowest BCUT2D eigenvalue weighted by molar-refractivity contribution is 0.685. The van der Waals surface area contributed by atoms with Gasteiger partial charge < -0.3 is 0 Å². The lowest BCUT2D eigenvalue weighted by atomic mass is 10.1. The molecule has 0 aliphatic carbocycles. The van der Waals surface area contributed by atoms with Gasteiger partial charge in [0.25, 0.3) is 0 Å². The third-order valence-corrected chi connectivity index (χ3v) is 3.47. The summed E-state index contributed by atoms with van der Waals surface area (Å²) in [5, 5.41) is 0. The monoisotopic (exact) mass is 166 g/mol. The van der Waals surface area contributed by atoms with Crippen LogP contribution < -0.4 is 0 Å². The average molecular weight is 166 g/mol. The highest BCUT2D eigenvalue weighted by Gasteiger charge is 2.16. The summed E-state index contributed by atoms with van der Waals surface area (Å²) in [4.78, 5) is 1.06. The highest BCUT2D eigenvalue weighted by Crippen LogP contribution is 2.23. The van der Waals surface area contributed by atoms with Crippen molar-refractivity contribution in [2.75, 3.05) is 5.75 Å². The maximum Gasteiger partial charge on any atom is 0.0535 e. The van der Waals surface area contributed by atoms with E-state index in [0.717, 1.165) is 17.1 Å². The Kier molecular flexibility index (Phi) is 1.57. The van der Waals surface area contributed by atoms with Crippen molar-refractivity contribution in [2.24, 2.45) is 0 Å². The van der Waals surface area contributed by atoms with Gasteiger partial charge in [0, 0.05) is 10.6 Å². The molecule has 2 heteroatoms. The predicted octanol–water partition coefficient (Wildman–Crippen LogP) is 1.66. The molecule has 0 bridgehead atoms. The van der Waals surface area contributed by atoms with Crippen molar-refractivity contribution in [3.8, 4) is 0 Å². The fourth-order valence-corrected chi connectivity index (χ4v) is 2.80. The van der Waals surface area contributed by atoms with Crippen LogP contribution in [0.5, 0.6) is 0 Å². The van der Waals surface area contributed by atoms with Crippen molar-refractivity contribution in [1.82, 2.24) is 0 Å². The number of benzene rings is 1. The number of fused-ring (bicyclic) bond motifs is 1. The lowest BCUT2D eigenvalue weighted by Crippen LogP contribution is -1.87. The van der Waals surface area contributed by atoms with E-state index < -0.39 is 10.8 Å². The summed E-state index contributed by atoms with van der Waals surface area (Å²) in [5.74, 6) is 0.818. The summed E-state index contributed by atoms with van der Waals surface area (Å²) in [6.45, 7) is 2.04. The van der Waals surface area contributed by atoms with Gasteiger partial charge in [0.15, 0.2) is 0 Å². The zero-order chi connectivity index (χ0) is 7.84. The maximum atomic E-state index is 11.3. The summed E-state index contributed by atoms with van der Waals surface area (Å²) < 4.78 is 11.3. The average Bonchev–Trinajstić information content (AvgIpc) is 2.33. The third-order valence-electron chi connectivity index (χ3n) is 2.02. The van der Waals surface area contributed by atoms with E-state index in [-0.39, 0.29) is 0 Å². The van der Waals surface area contributed by atoms with Crippen LogP contribution in [-0.2, 0) is 17.2 Å². The van der Waals surface area contributed by atoms with Crippen LogP contribution in [0.4, 0.5) is 0 Å². The molecule has 0 saturated heterocycles. The second-order valence-corrected chi connectivity index (χ2v) is 4.45. The first-order chi connectivity index (χ1) is 5.27. The van der Waals surface area contributed by atoms with Gasteiger partial charge in [-0.15, -0.1) is 0 Å². The summed E-state index contributed by atoms with van der Waals surface area (Å²) in [7, 11) is -0.708. The van der Waals surface area contributed by atoms with Gasteiger partial charge in [-0.05, 0) is 30.5 Å². The first kappa shape index (κ1) is 7.04. The Labute approximate surface area is 68.9 Å². The summed E-state index contributed by atoms with van der Waals surface area (Å²) in [6, 6.07) is 6.22. The predicted molar refractivity (Wildman–Crippen MR) is 46.2 cm³/mol. The Bertz CT molecular complexity index is 317. The van der Waals surface area contributed by atoms with Gasteiger partial charge in [0.05, 0.1) is 10.8 Å². The molecule has 0 N–H and O–H groups in total. The first-order valence-electron chi connectivity index (χ1n) is 3.75.